The second-order valence-corrected chi connectivity index (χ2v) is 7.26. The minimum Gasteiger partial charge on any atom is -0.309 e. The van der Waals surface area contributed by atoms with Gasteiger partial charge >= 0.3 is 6.03 Å². The molecule has 1 aliphatic rings. The van der Waals surface area contributed by atoms with Gasteiger partial charge in [-0.3, -0.25) is 9.69 Å². The van der Waals surface area contributed by atoms with Gasteiger partial charge in [-0.1, -0.05) is 47.5 Å². The molecule has 1 saturated heterocycles. The highest BCUT2D eigenvalue weighted by Gasteiger charge is 2.62. The predicted molar refractivity (Wildman–Crippen MR) is 97.0 cm³/mol. The third kappa shape index (κ3) is 3.06. The lowest BCUT2D eigenvalue weighted by atomic mass is 9.88. The standard InChI is InChI=1S/C18H36N4O2/c1-7-12-13-16(6)14(23)21(17(19,8-2)9-3)15(24)22(16)18(20,10-4)11-5/h7-13,19-20H2,1-6H3. The van der Waals surface area contributed by atoms with Gasteiger partial charge in [0.15, 0.2) is 0 Å². The molecule has 3 amide bonds. The van der Waals surface area contributed by atoms with Gasteiger partial charge in [0.2, 0.25) is 0 Å². The highest BCUT2D eigenvalue weighted by Crippen LogP contribution is 2.41. The molecule has 0 radical (unpaired) electrons. The lowest BCUT2D eigenvalue weighted by molar-refractivity contribution is -0.138. The lowest BCUT2D eigenvalue weighted by Gasteiger charge is -2.44. The minimum absolute atomic E-state index is 0.205. The molecule has 140 valence electrons. The molecule has 0 saturated carbocycles. The predicted octanol–water partition coefficient (Wildman–Crippen LogP) is 3.15. The van der Waals surface area contributed by atoms with Crippen LogP contribution in [0.2, 0.25) is 0 Å². The van der Waals surface area contributed by atoms with Crippen molar-refractivity contribution in [3.8, 4) is 0 Å². The fourth-order valence-electron chi connectivity index (χ4n) is 3.68. The number of hydrogen-bond acceptors (Lipinski definition) is 4. The Labute approximate surface area is 146 Å². The van der Waals surface area contributed by atoms with Crippen LogP contribution in [-0.2, 0) is 4.79 Å². The summed E-state index contributed by atoms with van der Waals surface area (Å²) in [5, 5.41) is 0. The summed E-state index contributed by atoms with van der Waals surface area (Å²) >= 11 is 0. The molecule has 6 heteroatoms. The van der Waals surface area contributed by atoms with Gasteiger partial charge in [0.25, 0.3) is 5.91 Å². The summed E-state index contributed by atoms with van der Waals surface area (Å²) in [4.78, 5) is 29.5. The van der Waals surface area contributed by atoms with Crippen LogP contribution in [0, 0.1) is 0 Å². The van der Waals surface area contributed by atoms with E-state index >= 15 is 0 Å². The van der Waals surface area contributed by atoms with E-state index in [1.54, 1.807) is 4.90 Å². The van der Waals surface area contributed by atoms with Crippen LogP contribution in [0.3, 0.4) is 0 Å². The normalized spacial score (nSPS) is 22.7. The van der Waals surface area contributed by atoms with Gasteiger partial charge in [-0.25, -0.2) is 9.69 Å². The molecule has 1 unspecified atom stereocenters. The molecule has 0 bridgehead atoms. The topological polar surface area (TPSA) is 92.7 Å². The summed E-state index contributed by atoms with van der Waals surface area (Å²) in [6.45, 7) is 11.7. The second kappa shape index (κ2) is 7.40. The number of carbonyl (C=O) groups excluding carboxylic acids is 2. The van der Waals surface area contributed by atoms with Crippen LogP contribution in [0.15, 0.2) is 0 Å². The number of imide groups is 1. The number of nitrogens with zero attached hydrogens (tertiary/aromatic N) is 2. The zero-order chi connectivity index (χ0) is 18.8. The quantitative estimate of drug-likeness (QED) is 0.631. The number of unbranched alkanes of at least 4 members (excludes halogenated alkanes) is 1. The van der Waals surface area contributed by atoms with Gasteiger partial charge in [0.05, 0.1) is 5.66 Å². The number of carbonyl (C=O) groups is 2. The van der Waals surface area contributed by atoms with E-state index in [0.29, 0.717) is 32.1 Å². The third-order valence-corrected chi connectivity index (χ3v) is 5.90. The van der Waals surface area contributed by atoms with Crippen LogP contribution in [0.25, 0.3) is 0 Å². The monoisotopic (exact) mass is 340 g/mol. The van der Waals surface area contributed by atoms with Crippen molar-refractivity contribution in [3.05, 3.63) is 0 Å². The van der Waals surface area contributed by atoms with E-state index in [1.807, 2.05) is 34.6 Å². The number of amides is 3. The van der Waals surface area contributed by atoms with Crippen LogP contribution >= 0.6 is 0 Å². The van der Waals surface area contributed by atoms with Gasteiger partial charge in [-0.05, 0) is 39.0 Å². The average molecular weight is 341 g/mol. The summed E-state index contributed by atoms with van der Waals surface area (Å²) in [7, 11) is 0. The third-order valence-electron chi connectivity index (χ3n) is 5.90. The molecule has 4 N–H and O–H groups in total. The first-order chi connectivity index (χ1) is 11.1. The molecule has 6 nitrogen and oxygen atoms in total. The van der Waals surface area contributed by atoms with Crippen molar-refractivity contribution in [1.82, 2.24) is 9.80 Å². The zero-order valence-electron chi connectivity index (χ0n) is 16.3. The Morgan fingerprint density at radius 1 is 0.917 bits per heavy atom. The second-order valence-electron chi connectivity index (χ2n) is 7.26. The van der Waals surface area contributed by atoms with E-state index in [9.17, 15) is 9.59 Å². The molecule has 1 rings (SSSR count). The van der Waals surface area contributed by atoms with Crippen molar-refractivity contribution in [1.29, 1.82) is 0 Å². The van der Waals surface area contributed by atoms with Crippen LogP contribution in [-0.4, -0.2) is 38.6 Å². The van der Waals surface area contributed by atoms with Crippen LogP contribution in [0.1, 0.15) is 86.5 Å². The van der Waals surface area contributed by atoms with E-state index in [2.05, 4.69) is 6.92 Å². The summed E-state index contributed by atoms with van der Waals surface area (Å²) in [5.41, 5.74) is 10.3. The zero-order valence-corrected chi connectivity index (χ0v) is 16.3. The molecular weight excluding hydrogens is 304 g/mol. The Kier molecular flexibility index (Phi) is 6.44. The highest BCUT2D eigenvalue weighted by molar-refractivity contribution is 6.07. The van der Waals surface area contributed by atoms with Gasteiger partial charge < -0.3 is 11.5 Å². The van der Waals surface area contributed by atoms with Crippen molar-refractivity contribution >= 4 is 11.9 Å². The van der Waals surface area contributed by atoms with Crippen molar-refractivity contribution in [2.75, 3.05) is 0 Å². The maximum Gasteiger partial charge on any atom is 0.330 e. The van der Waals surface area contributed by atoms with Crippen LogP contribution in [0.5, 0.6) is 0 Å². The molecule has 1 heterocycles. The Balaban J connectivity index is 3.48. The molecule has 0 aromatic rings. The van der Waals surface area contributed by atoms with E-state index in [4.69, 9.17) is 11.5 Å². The SMILES string of the molecule is CCCCC1(C)C(=O)N(C(N)(CC)CC)C(=O)N1C(N)(CC)CC. The Morgan fingerprint density at radius 2 is 1.38 bits per heavy atom. The molecule has 1 aliphatic heterocycles. The number of hydrogen-bond donors (Lipinski definition) is 2. The minimum atomic E-state index is -0.960. The summed E-state index contributed by atoms with van der Waals surface area (Å²) in [5.74, 6) is -0.205. The Hall–Kier alpha value is -1.14. The summed E-state index contributed by atoms with van der Waals surface area (Å²) < 4.78 is 0. The van der Waals surface area contributed by atoms with Crippen molar-refractivity contribution in [2.45, 2.75) is 103 Å². The number of nitrogens with two attached hydrogens (primary N) is 2. The summed E-state index contributed by atoms with van der Waals surface area (Å²) in [6, 6.07) is -0.337. The first-order valence-corrected chi connectivity index (χ1v) is 9.38. The fraction of sp³-hybridized carbons (Fsp3) is 0.889. The average Bonchev–Trinajstić information content (AvgIpc) is 2.79. The number of urea groups is 1. The maximum atomic E-state index is 13.3. The van der Waals surface area contributed by atoms with Crippen molar-refractivity contribution in [3.63, 3.8) is 0 Å². The van der Waals surface area contributed by atoms with E-state index < -0.39 is 16.9 Å². The first kappa shape index (κ1) is 20.9. The Morgan fingerprint density at radius 3 is 1.75 bits per heavy atom. The summed E-state index contributed by atoms with van der Waals surface area (Å²) in [6.07, 6.45) is 4.65. The smallest absolute Gasteiger partial charge is 0.309 e. The van der Waals surface area contributed by atoms with Crippen molar-refractivity contribution in [2.24, 2.45) is 11.5 Å². The van der Waals surface area contributed by atoms with E-state index in [1.165, 1.54) is 4.90 Å². The molecular formula is C18H36N4O2. The maximum absolute atomic E-state index is 13.3. The van der Waals surface area contributed by atoms with E-state index in [0.717, 1.165) is 12.8 Å². The number of rotatable bonds is 9. The van der Waals surface area contributed by atoms with Gasteiger partial charge in [-0.15, -0.1) is 0 Å². The van der Waals surface area contributed by atoms with Gasteiger partial charge in [0, 0.05) is 0 Å². The largest absolute Gasteiger partial charge is 0.330 e. The lowest BCUT2D eigenvalue weighted by Crippen LogP contribution is -2.64. The van der Waals surface area contributed by atoms with E-state index in [-0.39, 0.29) is 11.9 Å². The van der Waals surface area contributed by atoms with Crippen molar-refractivity contribution < 1.29 is 9.59 Å². The fourth-order valence-corrected chi connectivity index (χ4v) is 3.68. The molecule has 0 aromatic carbocycles. The van der Waals surface area contributed by atoms with Gasteiger partial charge in [-0.2, -0.15) is 0 Å². The highest BCUT2D eigenvalue weighted by atomic mass is 16.2. The first-order valence-electron chi connectivity index (χ1n) is 9.38. The molecule has 1 fully saturated rings. The molecule has 1 atom stereocenters. The molecule has 0 aromatic heterocycles. The van der Waals surface area contributed by atoms with Crippen LogP contribution in [0.4, 0.5) is 4.79 Å². The molecule has 0 spiro atoms. The van der Waals surface area contributed by atoms with Crippen LogP contribution < -0.4 is 11.5 Å². The molecule has 24 heavy (non-hydrogen) atoms. The van der Waals surface area contributed by atoms with Gasteiger partial charge in [0.1, 0.15) is 11.2 Å². The molecule has 0 aliphatic carbocycles. The Bertz CT molecular complexity index is 472.